The maximum atomic E-state index is 13.2. The second-order valence-electron chi connectivity index (χ2n) is 8.58. The monoisotopic (exact) mass is 452 g/mol. The van der Waals surface area contributed by atoms with Crippen LogP contribution in [-0.2, 0) is 20.7 Å². The van der Waals surface area contributed by atoms with Crippen LogP contribution in [-0.4, -0.2) is 29.4 Å². The molecule has 1 aliphatic heterocycles. The lowest BCUT2D eigenvalue weighted by Crippen LogP contribution is -2.50. The number of aryl methyl sites for hydroxylation is 2. The summed E-state index contributed by atoms with van der Waals surface area (Å²) < 4.78 is 16.6. The molecule has 0 amide bonds. The normalized spacial score (nSPS) is 17.1. The number of rotatable bonds is 8. The summed E-state index contributed by atoms with van der Waals surface area (Å²) in [6.07, 6.45) is 3.40. The molecule has 0 saturated carbocycles. The lowest BCUT2D eigenvalue weighted by molar-refractivity contribution is -0.198. The van der Waals surface area contributed by atoms with Crippen molar-refractivity contribution in [2.24, 2.45) is 0 Å². The van der Waals surface area contributed by atoms with E-state index in [1.165, 1.54) is 6.92 Å². The number of ether oxygens (including phenoxy) is 3. The summed E-state index contributed by atoms with van der Waals surface area (Å²) in [4.78, 5) is 25.9. The van der Waals surface area contributed by atoms with Gasteiger partial charge in [-0.3, -0.25) is 0 Å². The average molecular weight is 453 g/mol. The largest absolute Gasteiger partial charge is 0.507 e. The predicted molar refractivity (Wildman–Crippen MR) is 127 cm³/mol. The number of fused-ring (bicyclic) bond motifs is 1. The van der Waals surface area contributed by atoms with Crippen LogP contribution in [0.25, 0.3) is 16.7 Å². The molecule has 176 valence electrons. The van der Waals surface area contributed by atoms with Crippen molar-refractivity contribution < 1.29 is 28.9 Å². The van der Waals surface area contributed by atoms with Gasteiger partial charge in [0.25, 0.3) is 0 Å². The molecule has 6 nitrogen and oxygen atoms in total. The number of benzene rings is 2. The number of carbonyl (C=O) groups excluding carboxylic acids is 2. The highest BCUT2D eigenvalue weighted by Gasteiger charge is 2.48. The Balaban J connectivity index is 2.30. The number of hydrogen-bond acceptors (Lipinski definition) is 6. The summed E-state index contributed by atoms with van der Waals surface area (Å²) >= 11 is 0. The van der Waals surface area contributed by atoms with Crippen molar-refractivity contribution in [1.29, 1.82) is 0 Å². The molecule has 1 atom stereocenters. The predicted octanol–water partition coefficient (Wildman–Crippen LogP) is 5.96. The first kappa shape index (κ1) is 24.4. The van der Waals surface area contributed by atoms with Gasteiger partial charge in [0.2, 0.25) is 0 Å². The highest BCUT2D eigenvalue weighted by Crippen LogP contribution is 2.48. The van der Waals surface area contributed by atoms with Crippen LogP contribution in [0.5, 0.6) is 11.5 Å². The minimum absolute atomic E-state index is 0.0331. The molecule has 6 heteroatoms. The quantitative estimate of drug-likeness (QED) is 0.393. The van der Waals surface area contributed by atoms with Gasteiger partial charge in [-0.1, -0.05) is 55.7 Å². The maximum Gasteiger partial charge on any atom is 0.392 e. The lowest BCUT2D eigenvalue weighted by atomic mass is 9.88. The zero-order chi connectivity index (χ0) is 24.3. The van der Waals surface area contributed by atoms with Gasteiger partial charge in [-0.15, -0.1) is 0 Å². The Kier molecular flexibility index (Phi) is 7.15. The first-order valence-electron chi connectivity index (χ1n) is 11.4. The summed E-state index contributed by atoms with van der Waals surface area (Å²) in [5.74, 6) is -3.36. The van der Waals surface area contributed by atoms with Crippen LogP contribution in [0.2, 0.25) is 0 Å². The summed E-state index contributed by atoms with van der Waals surface area (Å²) in [6, 6.07) is 7.38. The number of aromatic hydroxyl groups is 1. The molecule has 1 N–H and O–H groups in total. The van der Waals surface area contributed by atoms with Gasteiger partial charge in [0.15, 0.2) is 5.75 Å². The van der Waals surface area contributed by atoms with Crippen molar-refractivity contribution in [2.45, 2.75) is 66.1 Å². The Labute approximate surface area is 195 Å². The number of cyclic esters (lactones) is 1. The molecule has 0 saturated heterocycles. The molecule has 0 aromatic heterocycles. The van der Waals surface area contributed by atoms with Crippen molar-refractivity contribution in [3.8, 4) is 22.6 Å². The summed E-state index contributed by atoms with van der Waals surface area (Å²) in [5.41, 5.74) is 4.40. The number of unbranched alkanes of at least 4 members (excludes halogenated alkanes) is 2. The molecule has 33 heavy (non-hydrogen) atoms. The molecule has 2 aromatic rings. The molecule has 0 radical (unpaired) electrons. The van der Waals surface area contributed by atoms with Crippen molar-refractivity contribution in [3.63, 3.8) is 0 Å². The highest BCUT2D eigenvalue weighted by atomic mass is 16.8. The van der Waals surface area contributed by atoms with E-state index in [2.05, 4.69) is 13.5 Å². The lowest BCUT2D eigenvalue weighted by Gasteiger charge is -2.35. The van der Waals surface area contributed by atoms with Crippen molar-refractivity contribution >= 4 is 17.5 Å². The van der Waals surface area contributed by atoms with Gasteiger partial charge in [-0.25, -0.2) is 9.59 Å². The molecule has 0 bridgehead atoms. The molecule has 2 aromatic carbocycles. The molecule has 1 heterocycles. The average Bonchev–Trinajstić information content (AvgIpc) is 2.73. The van der Waals surface area contributed by atoms with E-state index in [9.17, 15) is 14.7 Å². The minimum Gasteiger partial charge on any atom is -0.507 e. The fourth-order valence-corrected chi connectivity index (χ4v) is 4.07. The number of allylic oxidation sites excluding steroid dienone is 1. The fraction of sp³-hybridized carbons (Fsp3) is 0.407. The van der Waals surface area contributed by atoms with Gasteiger partial charge < -0.3 is 19.3 Å². The summed E-state index contributed by atoms with van der Waals surface area (Å²) in [6.45, 7) is 13.1. The Bertz CT molecular complexity index is 1100. The van der Waals surface area contributed by atoms with Gasteiger partial charge in [-0.2, -0.15) is 0 Å². The van der Waals surface area contributed by atoms with E-state index in [-0.39, 0.29) is 23.7 Å². The van der Waals surface area contributed by atoms with Crippen molar-refractivity contribution in [3.05, 3.63) is 53.1 Å². The molecule has 1 aliphatic rings. The smallest absolute Gasteiger partial charge is 0.392 e. The Hall–Kier alpha value is -3.28. The van der Waals surface area contributed by atoms with Crippen molar-refractivity contribution in [2.75, 3.05) is 6.61 Å². The molecular formula is C27H32O6. The molecular weight excluding hydrogens is 420 g/mol. The Morgan fingerprint density at radius 1 is 1.15 bits per heavy atom. The number of hydrogen-bond donors (Lipinski definition) is 1. The topological polar surface area (TPSA) is 82.1 Å². The minimum atomic E-state index is -1.96. The van der Waals surface area contributed by atoms with Crippen molar-refractivity contribution in [1.82, 2.24) is 0 Å². The van der Waals surface area contributed by atoms with Crippen LogP contribution in [0.4, 0.5) is 0 Å². The number of esters is 2. The van der Waals surface area contributed by atoms with Crippen LogP contribution < -0.4 is 4.74 Å². The maximum absolute atomic E-state index is 13.2. The van der Waals surface area contributed by atoms with E-state index < -0.39 is 17.7 Å². The fourth-order valence-electron chi connectivity index (χ4n) is 4.07. The molecule has 0 spiro atoms. The van der Waals surface area contributed by atoms with E-state index in [0.29, 0.717) is 23.1 Å². The molecule has 3 rings (SSSR count). The third kappa shape index (κ3) is 4.75. The SMILES string of the molecule is C=C(C)c1ccc(C)cc1-c1c(O)cc(CCCCC)c2c1OC(C)(C(=O)OCC)OC2=O. The van der Waals surface area contributed by atoms with Crippen LogP contribution in [0.3, 0.4) is 0 Å². The van der Waals surface area contributed by atoms with Crippen LogP contribution >= 0.6 is 0 Å². The Morgan fingerprint density at radius 2 is 1.88 bits per heavy atom. The molecule has 0 aliphatic carbocycles. The standard InChI is InChI=1S/C27H32O6/c1-7-9-10-11-18-15-21(28)23(20-14-17(5)12-13-19(20)16(3)4)24-22(18)25(29)33-27(6,32-24)26(30)31-8-2/h12-15,28H,3,7-11H2,1-2,4-6H3. The number of phenols is 1. The van der Waals surface area contributed by atoms with E-state index in [4.69, 9.17) is 14.2 Å². The third-order valence-corrected chi connectivity index (χ3v) is 5.73. The number of phenolic OH excluding ortho intramolecular Hbond substituents is 1. The van der Waals surface area contributed by atoms with E-state index >= 15 is 0 Å². The van der Waals surface area contributed by atoms with Gasteiger partial charge >= 0.3 is 17.7 Å². The third-order valence-electron chi connectivity index (χ3n) is 5.73. The van der Waals surface area contributed by atoms with Crippen LogP contribution in [0.15, 0.2) is 30.8 Å². The zero-order valence-electron chi connectivity index (χ0n) is 20.0. The first-order valence-corrected chi connectivity index (χ1v) is 11.4. The van der Waals surface area contributed by atoms with E-state index in [1.807, 2.05) is 32.0 Å². The van der Waals surface area contributed by atoms with Gasteiger partial charge in [0, 0.05) is 6.92 Å². The van der Waals surface area contributed by atoms with Crippen LogP contribution in [0.1, 0.15) is 74.0 Å². The Morgan fingerprint density at radius 3 is 2.52 bits per heavy atom. The van der Waals surface area contributed by atoms with Gasteiger partial charge in [-0.05, 0) is 56.4 Å². The highest BCUT2D eigenvalue weighted by molar-refractivity contribution is 6.02. The van der Waals surface area contributed by atoms with Crippen LogP contribution in [0, 0.1) is 6.92 Å². The number of carbonyl (C=O) groups is 2. The second-order valence-corrected chi connectivity index (χ2v) is 8.58. The zero-order valence-corrected chi connectivity index (χ0v) is 20.0. The molecule has 0 fully saturated rings. The van der Waals surface area contributed by atoms with Gasteiger partial charge in [0.1, 0.15) is 11.3 Å². The summed E-state index contributed by atoms with van der Waals surface area (Å²) in [7, 11) is 0. The van der Waals surface area contributed by atoms with E-state index in [1.54, 1.807) is 13.0 Å². The van der Waals surface area contributed by atoms with E-state index in [0.717, 1.165) is 36.0 Å². The second kappa shape index (κ2) is 9.69. The van der Waals surface area contributed by atoms with Gasteiger partial charge in [0.05, 0.1) is 12.2 Å². The summed E-state index contributed by atoms with van der Waals surface area (Å²) in [5, 5.41) is 11.2. The first-order chi connectivity index (χ1) is 15.6. The molecule has 1 unspecified atom stereocenters.